The molecule has 1 saturated heterocycles. The third-order valence-corrected chi connectivity index (χ3v) is 5.84. The zero-order valence-corrected chi connectivity index (χ0v) is 21.0. The lowest BCUT2D eigenvalue weighted by atomic mass is 9.83. The minimum Gasteiger partial charge on any atom is -0.496 e. The summed E-state index contributed by atoms with van der Waals surface area (Å²) in [5.74, 6) is 0.377. The fourth-order valence-electron chi connectivity index (χ4n) is 3.70. The molecule has 0 bridgehead atoms. The van der Waals surface area contributed by atoms with Crippen LogP contribution in [0.15, 0.2) is 41.5 Å². The Morgan fingerprint density at radius 1 is 1.18 bits per heavy atom. The fraction of sp³-hybridized carbons (Fsp3) is 0.375. The molecule has 182 valence electrons. The van der Waals surface area contributed by atoms with E-state index in [1.165, 1.54) is 0 Å². The number of carbonyl (C=O) groups excluding carboxylic acids is 2. The molecule has 3 rings (SSSR count). The Morgan fingerprint density at radius 3 is 2.47 bits per heavy atom. The van der Waals surface area contributed by atoms with Crippen molar-refractivity contribution >= 4 is 33.4 Å². The van der Waals surface area contributed by atoms with Gasteiger partial charge in [0, 0.05) is 29.8 Å². The Balaban J connectivity index is 2.17. The number of ether oxygens (including phenoxy) is 1. The molecule has 0 aromatic heterocycles. The van der Waals surface area contributed by atoms with E-state index in [9.17, 15) is 18.0 Å². The molecule has 2 aromatic carbocycles. The SMILES string of the molecule is COc1c(-c2cccc(/C(C)=N\NS(C)(=O)=O)c2)cc(N2CCC(=O)NC2=O)cc1C(C)(C)C. The molecule has 1 fully saturated rings. The van der Waals surface area contributed by atoms with Crippen molar-refractivity contribution in [2.75, 3.05) is 24.8 Å². The largest absolute Gasteiger partial charge is 0.496 e. The molecule has 0 unspecified atom stereocenters. The Bertz CT molecular complexity index is 1260. The smallest absolute Gasteiger partial charge is 0.328 e. The van der Waals surface area contributed by atoms with Gasteiger partial charge in [0.25, 0.3) is 0 Å². The maximum absolute atomic E-state index is 12.6. The first-order chi connectivity index (χ1) is 15.8. The number of amides is 3. The van der Waals surface area contributed by atoms with E-state index in [2.05, 4.69) is 36.0 Å². The Kier molecular flexibility index (Phi) is 7.02. The monoisotopic (exact) mass is 486 g/mol. The number of anilines is 1. The summed E-state index contributed by atoms with van der Waals surface area (Å²) in [6.07, 6.45) is 1.26. The molecule has 34 heavy (non-hydrogen) atoms. The number of rotatable bonds is 6. The summed E-state index contributed by atoms with van der Waals surface area (Å²) in [7, 11) is -1.87. The maximum Gasteiger partial charge on any atom is 0.328 e. The van der Waals surface area contributed by atoms with Gasteiger partial charge in [0.05, 0.1) is 19.1 Å². The highest BCUT2D eigenvalue weighted by Gasteiger charge is 2.29. The summed E-state index contributed by atoms with van der Waals surface area (Å²) < 4.78 is 28.7. The van der Waals surface area contributed by atoms with Crippen LogP contribution in [0.25, 0.3) is 11.1 Å². The van der Waals surface area contributed by atoms with Crippen molar-refractivity contribution in [3.8, 4) is 16.9 Å². The first-order valence-electron chi connectivity index (χ1n) is 10.8. The summed E-state index contributed by atoms with van der Waals surface area (Å²) in [5, 5.41) is 6.33. The number of methoxy groups -OCH3 is 1. The standard InChI is InChI=1S/C24H30N4O5S/c1-15(26-27-34(6,31)32)16-8-7-9-17(12-16)19-13-18(28-11-10-21(29)25-23(28)30)14-20(22(19)33-5)24(2,3)4/h7-9,12-14,27H,10-11H2,1-6H3,(H,25,29,30)/b26-15-. The Morgan fingerprint density at radius 2 is 1.88 bits per heavy atom. The number of hydrogen-bond acceptors (Lipinski definition) is 6. The van der Waals surface area contributed by atoms with E-state index in [-0.39, 0.29) is 24.3 Å². The van der Waals surface area contributed by atoms with Gasteiger partial charge in [-0.25, -0.2) is 18.0 Å². The van der Waals surface area contributed by atoms with Crippen LogP contribution in [-0.2, 0) is 20.2 Å². The quantitative estimate of drug-likeness (QED) is 0.480. The van der Waals surface area contributed by atoms with Gasteiger partial charge in [-0.3, -0.25) is 15.0 Å². The second kappa shape index (κ2) is 9.46. The molecule has 1 aliphatic rings. The summed E-state index contributed by atoms with van der Waals surface area (Å²) >= 11 is 0. The number of urea groups is 1. The number of benzene rings is 2. The van der Waals surface area contributed by atoms with Crippen molar-refractivity contribution in [1.29, 1.82) is 0 Å². The van der Waals surface area contributed by atoms with Gasteiger partial charge >= 0.3 is 6.03 Å². The first-order valence-corrected chi connectivity index (χ1v) is 12.6. The van der Waals surface area contributed by atoms with Crippen LogP contribution in [0.3, 0.4) is 0 Å². The molecule has 0 radical (unpaired) electrons. The van der Waals surface area contributed by atoms with E-state index in [0.29, 0.717) is 17.1 Å². The molecule has 0 atom stereocenters. The Labute approximate surface area is 200 Å². The molecule has 2 aromatic rings. The van der Waals surface area contributed by atoms with Gasteiger partial charge in [-0.05, 0) is 41.7 Å². The lowest BCUT2D eigenvalue weighted by Crippen LogP contribution is -2.49. The lowest BCUT2D eigenvalue weighted by molar-refractivity contribution is -0.120. The lowest BCUT2D eigenvalue weighted by Gasteiger charge is -2.31. The molecule has 0 saturated carbocycles. The van der Waals surface area contributed by atoms with E-state index in [0.717, 1.165) is 28.5 Å². The number of carbonyl (C=O) groups is 2. The van der Waals surface area contributed by atoms with Crippen LogP contribution >= 0.6 is 0 Å². The van der Waals surface area contributed by atoms with Gasteiger partial charge in [0.2, 0.25) is 15.9 Å². The van der Waals surface area contributed by atoms with E-state index in [1.807, 2.05) is 36.4 Å². The normalized spacial score (nSPS) is 15.2. The topological polar surface area (TPSA) is 117 Å². The van der Waals surface area contributed by atoms with Gasteiger partial charge in [-0.2, -0.15) is 5.10 Å². The van der Waals surface area contributed by atoms with Gasteiger partial charge < -0.3 is 4.74 Å². The van der Waals surface area contributed by atoms with E-state index in [1.54, 1.807) is 18.9 Å². The molecule has 0 aliphatic carbocycles. The highest BCUT2D eigenvalue weighted by Crippen LogP contribution is 2.43. The first kappa shape index (κ1) is 25.2. The zero-order valence-electron chi connectivity index (χ0n) is 20.2. The van der Waals surface area contributed by atoms with Crippen LogP contribution in [0.2, 0.25) is 0 Å². The molecule has 3 amide bonds. The fourth-order valence-corrected chi connectivity index (χ4v) is 4.00. The minimum absolute atomic E-state index is 0.219. The van der Waals surface area contributed by atoms with Crippen LogP contribution < -0.4 is 19.8 Å². The van der Waals surface area contributed by atoms with Gasteiger partial charge in [0.1, 0.15) is 5.75 Å². The van der Waals surface area contributed by atoms with E-state index in [4.69, 9.17) is 4.74 Å². The summed E-state index contributed by atoms with van der Waals surface area (Å²) in [4.78, 5) is 27.9. The number of hydrogen-bond donors (Lipinski definition) is 2. The van der Waals surface area contributed by atoms with Crippen molar-refractivity contribution < 1.29 is 22.7 Å². The molecule has 1 heterocycles. The highest BCUT2D eigenvalue weighted by molar-refractivity contribution is 7.88. The summed E-state index contributed by atoms with van der Waals surface area (Å²) in [6.45, 7) is 8.16. The number of nitrogens with one attached hydrogen (secondary N) is 2. The third-order valence-electron chi connectivity index (χ3n) is 5.42. The Hall–Kier alpha value is -3.40. The van der Waals surface area contributed by atoms with E-state index >= 15 is 0 Å². The van der Waals surface area contributed by atoms with Gasteiger partial charge in [0.15, 0.2) is 0 Å². The number of nitrogens with zero attached hydrogens (tertiary/aromatic N) is 2. The predicted molar refractivity (Wildman–Crippen MR) is 133 cm³/mol. The van der Waals surface area contributed by atoms with Crippen LogP contribution in [0.5, 0.6) is 5.75 Å². The molecular weight excluding hydrogens is 456 g/mol. The molecule has 1 aliphatic heterocycles. The second-order valence-electron chi connectivity index (χ2n) is 9.22. The molecule has 9 nitrogen and oxygen atoms in total. The average Bonchev–Trinajstić information content (AvgIpc) is 2.75. The van der Waals surface area contributed by atoms with Crippen LogP contribution in [0.1, 0.15) is 45.2 Å². The number of sulfonamides is 1. The molecule has 0 spiro atoms. The molecular formula is C24H30N4O5S. The summed E-state index contributed by atoms with van der Waals surface area (Å²) in [5.41, 5.74) is 4.05. The number of hydrazone groups is 1. The van der Waals surface area contributed by atoms with Gasteiger partial charge in [-0.15, -0.1) is 0 Å². The zero-order chi connectivity index (χ0) is 25.3. The predicted octanol–water partition coefficient (Wildman–Crippen LogP) is 3.38. The summed E-state index contributed by atoms with van der Waals surface area (Å²) in [6, 6.07) is 10.8. The average molecular weight is 487 g/mol. The third kappa shape index (κ3) is 5.74. The van der Waals surface area contributed by atoms with Crippen molar-refractivity contribution in [2.45, 2.75) is 39.5 Å². The maximum atomic E-state index is 12.6. The second-order valence-corrected chi connectivity index (χ2v) is 10.9. The van der Waals surface area contributed by atoms with Crippen LogP contribution in [-0.4, -0.2) is 46.0 Å². The van der Waals surface area contributed by atoms with Gasteiger partial charge in [-0.1, -0.05) is 39.0 Å². The highest BCUT2D eigenvalue weighted by atomic mass is 32.2. The van der Waals surface area contributed by atoms with Crippen LogP contribution in [0.4, 0.5) is 10.5 Å². The van der Waals surface area contributed by atoms with Crippen molar-refractivity contribution in [3.05, 3.63) is 47.5 Å². The van der Waals surface area contributed by atoms with Crippen LogP contribution in [0, 0.1) is 0 Å². The van der Waals surface area contributed by atoms with E-state index < -0.39 is 16.1 Å². The minimum atomic E-state index is -3.47. The number of imide groups is 1. The molecule has 2 N–H and O–H groups in total. The van der Waals surface area contributed by atoms with Crippen molar-refractivity contribution in [3.63, 3.8) is 0 Å². The molecule has 10 heteroatoms. The van der Waals surface area contributed by atoms with Crippen molar-refractivity contribution in [2.24, 2.45) is 5.10 Å². The van der Waals surface area contributed by atoms with Crippen molar-refractivity contribution in [1.82, 2.24) is 10.1 Å².